The summed E-state index contributed by atoms with van der Waals surface area (Å²) in [6.45, 7) is 3.08. The number of hydrogen-bond donors (Lipinski definition) is 1. The summed E-state index contributed by atoms with van der Waals surface area (Å²) in [6, 6.07) is 0. The third-order valence-corrected chi connectivity index (χ3v) is 0.919. The molecule has 0 saturated heterocycles. The minimum atomic E-state index is 0. The fraction of sp³-hybridized carbons (Fsp3) is 0.600. The van der Waals surface area contributed by atoms with E-state index >= 15 is 0 Å². The second-order valence-corrected chi connectivity index (χ2v) is 1.66. The normalized spacial score (nSPS) is 7.70. The van der Waals surface area contributed by atoms with E-state index in [1.165, 1.54) is 0 Å². The molecule has 1 aromatic heterocycles. The van der Waals surface area contributed by atoms with Crippen LogP contribution in [0, 0.1) is 0 Å². The Balaban J connectivity index is 0. The van der Waals surface area contributed by atoms with Crippen molar-refractivity contribution in [1.29, 1.82) is 0 Å². The summed E-state index contributed by atoms with van der Waals surface area (Å²) in [5.74, 6) is 0. The van der Waals surface area contributed by atoms with Crippen molar-refractivity contribution in [3.8, 4) is 0 Å². The number of aromatic nitrogens is 3. The van der Waals surface area contributed by atoms with Crippen LogP contribution >= 0.6 is 12.4 Å². The molecule has 0 aliphatic heterocycles. The fourth-order valence-electron chi connectivity index (χ4n) is 0.577. The van der Waals surface area contributed by atoms with E-state index < -0.39 is 0 Å². The van der Waals surface area contributed by atoms with Gasteiger partial charge >= 0.3 is 0 Å². The fourth-order valence-corrected chi connectivity index (χ4v) is 0.577. The molecule has 0 aliphatic rings. The van der Waals surface area contributed by atoms with E-state index in [9.17, 15) is 0 Å². The predicted molar refractivity (Wildman–Crippen MR) is 42.6 cm³/mol. The van der Waals surface area contributed by atoms with Gasteiger partial charge in [-0.3, -0.25) is 4.68 Å². The number of aryl methyl sites for hydroxylation is 1. The first-order chi connectivity index (χ1) is 3.93. The van der Waals surface area contributed by atoms with Crippen molar-refractivity contribution in [3.05, 3.63) is 12.7 Å². The monoisotopic (exact) mass is 164 g/mol. The average molecular weight is 165 g/mol. The Morgan fingerprint density at radius 2 is 2.20 bits per heavy atom. The molecule has 1 rings (SSSR count). The van der Waals surface area contributed by atoms with Gasteiger partial charge in [0.25, 0.3) is 0 Å². The lowest BCUT2D eigenvalue weighted by Crippen LogP contribution is -1.95. The Morgan fingerprint density at radius 3 is 2.60 bits per heavy atom. The molecule has 0 atom stereocenters. The molecule has 0 aromatic carbocycles. The van der Waals surface area contributed by atoms with Gasteiger partial charge in [-0.1, -0.05) is 6.92 Å². The standard InChI is InChI=1S/C5H9N3.ClH.H3N/c1-2-3-8-5-6-4-7-8;;/h4-5H,2-3H2,1H3;1H;1H3. The summed E-state index contributed by atoms with van der Waals surface area (Å²) in [6.07, 6.45) is 4.39. The lowest BCUT2D eigenvalue weighted by Gasteiger charge is -1.91. The summed E-state index contributed by atoms with van der Waals surface area (Å²) in [4.78, 5) is 3.79. The van der Waals surface area contributed by atoms with Crippen LogP contribution in [-0.2, 0) is 6.54 Å². The smallest absolute Gasteiger partial charge is 0.137 e. The number of halogens is 1. The molecule has 0 bridgehead atoms. The van der Waals surface area contributed by atoms with E-state index in [0.29, 0.717) is 0 Å². The molecule has 1 aromatic rings. The van der Waals surface area contributed by atoms with Crippen LogP contribution in [-0.4, -0.2) is 14.8 Å². The van der Waals surface area contributed by atoms with Gasteiger partial charge in [-0.05, 0) is 6.42 Å². The van der Waals surface area contributed by atoms with Gasteiger partial charge in [0.1, 0.15) is 12.7 Å². The zero-order valence-electron chi connectivity index (χ0n) is 6.03. The van der Waals surface area contributed by atoms with Crippen molar-refractivity contribution in [2.45, 2.75) is 19.9 Å². The third kappa shape index (κ3) is 3.42. The minimum absolute atomic E-state index is 0. The van der Waals surface area contributed by atoms with E-state index in [0.717, 1.165) is 13.0 Å². The van der Waals surface area contributed by atoms with Gasteiger partial charge in [-0.15, -0.1) is 12.4 Å². The topological polar surface area (TPSA) is 65.7 Å². The van der Waals surface area contributed by atoms with E-state index in [1.807, 2.05) is 4.68 Å². The first-order valence-corrected chi connectivity index (χ1v) is 2.76. The summed E-state index contributed by atoms with van der Waals surface area (Å²) in [5, 5.41) is 3.91. The molecule has 3 N–H and O–H groups in total. The average Bonchev–Trinajstić information content (AvgIpc) is 2.19. The Labute approximate surface area is 66.6 Å². The molecule has 5 heteroatoms. The summed E-state index contributed by atoms with van der Waals surface area (Å²) in [7, 11) is 0. The van der Waals surface area contributed by atoms with Crippen molar-refractivity contribution in [2.24, 2.45) is 0 Å². The molecule has 0 radical (unpaired) electrons. The molecule has 4 nitrogen and oxygen atoms in total. The Hall–Kier alpha value is -0.610. The molecule has 0 unspecified atom stereocenters. The van der Waals surface area contributed by atoms with Gasteiger partial charge in [-0.25, -0.2) is 4.98 Å². The first-order valence-electron chi connectivity index (χ1n) is 2.76. The van der Waals surface area contributed by atoms with Crippen LogP contribution in [0.3, 0.4) is 0 Å². The maximum Gasteiger partial charge on any atom is 0.137 e. The van der Waals surface area contributed by atoms with E-state index in [2.05, 4.69) is 17.0 Å². The lowest BCUT2D eigenvalue weighted by molar-refractivity contribution is 0.601. The minimum Gasteiger partial charge on any atom is -0.344 e. The van der Waals surface area contributed by atoms with Crippen LogP contribution in [0.1, 0.15) is 13.3 Å². The Bertz CT molecular complexity index is 139. The zero-order valence-corrected chi connectivity index (χ0v) is 6.84. The molecule has 0 saturated carbocycles. The molecule has 60 valence electrons. The molecular formula is C5H13ClN4. The summed E-state index contributed by atoms with van der Waals surface area (Å²) < 4.78 is 1.82. The highest BCUT2D eigenvalue weighted by atomic mass is 35.5. The Kier molecular flexibility index (Phi) is 7.88. The maximum absolute atomic E-state index is 3.91. The van der Waals surface area contributed by atoms with Crippen LogP contribution in [0.2, 0.25) is 0 Å². The molecular weight excluding hydrogens is 152 g/mol. The van der Waals surface area contributed by atoms with Gasteiger partial charge in [0.2, 0.25) is 0 Å². The predicted octanol–water partition coefficient (Wildman–Crippen LogP) is 1.27. The molecule has 1 heterocycles. The number of hydrogen-bond acceptors (Lipinski definition) is 3. The van der Waals surface area contributed by atoms with Crippen molar-refractivity contribution in [1.82, 2.24) is 20.9 Å². The molecule has 10 heavy (non-hydrogen) atoms. The summed E-state index contributed by atoms with van der Waals surface area (Å²) >= 11 is 0. The summed E-state index contributed by atoms with van der Waals surface area (Å²) in [5.41, 5.74) is 0. The van der Waals surface area contributed by atoms with Crippen molar-refractivity contribution in [3.63, 3.8) is 0 Å². The van der Waals surface area contributed by atoms with E-state index in [1.54, 1.807) is 12.7 Å². The van der Waals surface area contributed by atoms with Gasteiger partial charge in [0.05, 0.1) is 0 Å². The molecule has 0 spiro atoms. The Morgan fingerprint density at radius 1 is 1.50 bits per heavy atom. The zero-order chi connectivity index (χ0) is 5.82. The second kappa shape index (κ2) is 6.51. The number of nitrogens with zero attached hydrogens (tertiary/aromatic N) is 3. The van der Waals surface area contributed by atoms with Crippen LogP contribution in [0.4, 0.5) is 0 Å². The van der Waals surface area contributed by atoms with Crippen molar-refractivity contribution < 1.29 is 0 Å². The van der Waals surface area contributed by atoms with Crippen LogP contribution in [0.5, 0.6) is 0 Å². The quantitative estimate of drug-likeness (QED) is 0.716. The highest BCUT2D eigenvalue weighted by Gasteiger charge is 1.83. The van der Waals surface area contributed by atoms with Crippen LogP contribution < -0.4 is 6.15 Å². The van der Waals surface area contributed by atoms with E-state index in [4.69, 9.17) is 0 Å². The molecule has 0 aliphatic carbocycles. The third-order valence-electron chi connectivity index (χ3n) is 0.919. The van der Waals surface area contributed by atoms with Gasteiger partial charge in [0.15, 0.2) is 0 Å². The van der Waals surface area contributed by atoms with E-state index in [-0.39, 0.29) is 18.6 Å². The van der Waals surface area contributed by atoms with Gasteiger partial charge in [-0.2, -0.15) is 5.10 Å². The van der Waals surface area contributed by atoms with Crippen molar-refractivity contribution in [2.75, 3.05) is 0 Å². The van der Waals surface area contributed by atoms with Crippen LogP contribution in [0.15, 0.2) is 12.7 Å². The largest absolute Gasteiger partial charge is 0.344 e. The molecule has 0 fully saturated rings. The van der Waals surface area contributed by atoms with Crippen LogP contribution in [0.25, 0.3) is 0 Å². The SMILES string of the molecule is CCCn1cncn1.Cl.N. The van der Waals surface area contributed by atoms with Crippen molar-refractivity contribution >= 4 is 12.4 Å². The van der Waals surface area contributed by atoms with Gasteiger partial charge < -0.3 is 6.15 Å². The molecule has 0 amide bonds. The second-order valence-electron chi connectivity index (χ2n) is 1.66. The maximum atomic E-state index is 3.91. The highest BCUT2D eigenvalue weighted by Crippen LogP contribution is 1.82. The first kappa shape index (κ1) is 12.1. The highest BCUT2D eigenvalue weighted by molar-refractivity contribution is 5.85. The van der Waals surface area contributed by atoms with Gasteiger partial charge in [0, 0.05) is 6.54 Å². The number of rotatable bonds is 2. The lowest BCUT2D eigenvalue weighted by atomic mass is 10.5.